The molecular formula is C11H3F5O3. The fourth-order valence-electron chi connectivity index (χ4n) is 1.21. The summed E-state index contributed by atoms with van der Waals surface area (Å²) in [5.74, 6) is -14.8. The zero-order valence-electron chi connectivity index (χ0n) is 8.85. The van der Waals surface area contributed by atoms with E-state index in [4.69, 9.17) is 0 Å². The molecule has 0 spiro atoms. The molecular weight excluding hydrogens is 275 g/mol. The van der Waals surface area contributed by atoms with Gasteiger partial charge in [0, 0.05) is 0 Å². The van der Waals surface area contributed by atoms with Crippen molar-refractivity contribution in [3.8, 4) is 5.75 Å². The second-order valence-electron chi connectivity index (χ2n) is 3.27. The van der Waals surface area contributed by atoms with E-state index in [0.717, 1.165) is 12.3 Å². The van der Waals surface area contributed by atoms with Crippen molar-refractivity contribution in [3.05, 3.63) is 53.2 Å². The Hall–Kier alpha value is -2.38. The fraction of sp³-hybridized carbons (Fsp3) is 0. The van der Waals surface area contributed by atoms with E-state index >= 15 is 0 Å². The lowest BCUT2D eigenvalue weighted by Gasteiger charge is -2.07. The highest BCUT2D eigenvalue weighted by atomic mass is 19.2. The summed E-state index contributed by atoms with van der Waals surface area (Å²) in [6.45, 7) is 0. The molecule has 0 aliphatic carbocycles. The largest absolute Gasteiger partial charge is 0.457 e. The van der Waals surface area contributed by atoms with Gasteiger partial charge in [-0.2, -0.15) is 8.78 Å². The summed E-state index contributed by atoms with van der Waals surface area (Å²) < 4.78 is 73.4. The molecule has 1 aromatic carbocycles. The summed E-state index contributed by atoms with van der Waals surface area (Å²) in [5.41, 5.74) is 0. The molecule has 2 aromatic rings. The summed E-state index contributed by atoms with van der Waals surface area (Å²) in [6.07, 6.45) is 1.06. The minimum atomic E-state index is -2.34. The van der Waals surface area contributed by atoms with E-state index < -0.39 is 46.6 Å². The second kappa shape index (κ2) is 4.71. The maximum absolute atomic E-state index is 13.2. The van der Waals surface area contributed by atoms with Crippen LogP contribution in [-0.4, -0.2) is 5.97 Å². The van der Waals surface area contributed by atoms with E-state index in [1.165, 1.54) is 6.07 Å². The van der Waals surface area contributed by atoms with Gasteiger partial charge in [0.05, 0.1) is 6.26 Å². The van der Waals surface area contributed by atoms with E-state index in [-0.39, 0.29) is 0 Å². The molecule has 0 saturated carbocycles. The van der Waals surface area contributed by atoms with E-state index in [1.807, 2.05) is 0 Å². The molecule has 1 heterocycles. The molecule has 0 bridgehead atoms. The lowest BCUT2D eigenvalue weighted by molar-refractivity contribution is 0.0682. The van der Waals surface area contributed by atoms with Crippen LogP contribution in [0.5, 0.6) is 5.75 Å². The maximum Gasteiger partial charge on any atom is 0.379 e. The molecule has 0 aliphatic heterocycles. The Bertz CT molecular complexity index is 607. The Morgan fingerprint density at radius 3 is 1.95 bits per heavy atom. The first-order chi connectivity index (χ1) is 8.93. The molecule has 0 N–H and O–H groups in total. The number of carbonyl (C=O) groups is 1. The number of carbonyl (C=O) groups excluding carboxylic acids is 1. The van der Waals surface area contributed by atoms with Crippen molar-refractivity contribution in [1.82, 2.24) is 0 Å². The molecule has 1 aromatic heterocycles. The van der Waals surface area contributed by atoms with Crippen LogP contribution in [0.3, 0.4) is 0 Å². The average Bonchev–Trinajstić information content (AvgIpc) is 2.93. The van der Waals surface area contributed by atoms with Crippen LogP contribution in [0.4, 0.5) is 22.0 Å². The molecule has 2 rings (SSSR count). The predicted molar refractivity (Wildman–Crippen MR) is 49.9 cm³/mol. The van der Waals surface area contributed by atoms with Gasteiger partial charge in [-0.3, -0.25) is 0 Å². The molecule has 3 nitrogen and oxygen atoms in total. The van der Waals surface area contributed by atoms with Gasteiger partial charge in [0.2, 0.25) is 40.6 Å². The second-order valence-corrected chi connectivity index (χ2v) is 3.27. The Morgan fingerprint density at radius 1 is 0.947 bits per heavy atom. The molecule has 0 unspecified atom stereocenters. The van der Waals surface area contributed by atoms with Gasteiger partial charge in [-0.05, 0) is 12.1 Å². The number of esters is 1. The molecule has 0 saturated heterocycles. The Labute approximate surface area is 102 Å². The Balaban J connectivity index is 2.44. The molecule has 19 heavy (non-hydrogen) atoms. The number of furan rings is 1. The summed E-state index contributed by atoms with van der Waals surface area (Å²) >= 11 is 0. The zero-order chi connectivity index (χ0) is 14.2. The number of benzene rings is 1. The van der Waals surface area contributed by atoms with Crippen LogP contribution in [0, 0.1) is 29.1 Å². The highest BCUT2D eigenvalue weighted by Gasteiger charge is 2.29. The first kappa shape index (κ1) is 13.1. The van der Waals surface area contributed by atoms with Crippen LogP contribution in [0.15, 0.2) is 22.8 Å². The molecule has 0 radical (unpaired) electrons. The third kappa shape index (κ3) is 2.16. The standard InChI is InChI=1S/C11H3F5O3/c12-5-6(13)8(15)10(9(16)7(5)14)19-11(17)4-2-1-3-18-4/h1-3H. The van der Waals surface area contributed by atoms with Crippen LogP contribution in [-0.2, 0) is 0 Å². The molecule has 8 heteroatoms. The van der Waals surface area contributed by atoms with Gasteiger partial charge in [0.1, 0.15) is 0 Å². The normalized spacial score (nSPS) is 10.6. The number of rotatable bonds is 2. The van der Waals surface area contributed by atoms with Gasteiger partial charge < -0.3 is 9.15 Å². The van der Waals surface area contributed by atoms with E-state index in [9.17, 15) is 26.7 Å². The van der Waals surface area contributed by atoms with Crippen molar-refractivity contribution in [1.29, 1.82) is 0 Å². The highest BCUT2D eigenvalue weighted by molar-refractivity contribution is 5.88. The molecule has 0 amide bonds. The van der Waals surface area contributed by atoms with Crippen molar-refractivity contribution in [2.75, 3.05) is 0 Å². The van der Waals surface area contributed by atoms with Crippen molar-refractivity contribution in [2.45, 2.75) is 0 Å². The van der Waals surface area contributed by atoms with Crippen LogP contribution in [0.1, 0.15) is 10.6 Å². The Kier molecular flexibility index (Phi) is 3.24. The number of ether oxygens (including phenoxy) is 1. The van der Waals surface area contributed by atoms with Gasteiger partial charge in [-0.1, -0.05) is 0 Å². The maximum atomic E-state index is 13.2. The van der Waals surface area contributed by atoms with Crippen LogP contribution in [0.2, 0.25) is 0 Å². The molecule has 100 valence electrons. The number of hydrogen-bond donors (Lipinski definition) is 0. The van der Waals surface area contributed by atoms with Crippen molar-refractivity contribution < 1.29 is 35.9 Å². The van der Waals surface area contributed by atoms with Crippen LogP contribution >= 0.6 is 0 Å². The minimum Gasteiger partial charge on any atom is -0.457 e. The van der Waals surface area contributed by atoms with Gasteiger partial charge in [-0.25, -0.2) is 18.0 Å². The van der Waals surface area contributed by atoms with Crippen molar-refractivity contribution in [2.24, 2.45) is 0 Å². The van der Waals surface area contributed by atoms with Gasteiger partial charge in [-0.15, -0.1) is 0 Å². The lowest BCUT2D eigenvalue weighted by Crippen LogP contribution is -2.13. The predicted octanol–water partition coefficient (Wildman–Crippen LogP) is 3.19. The minimum absolute atomic E-state index is 0.455. The van der Waals surface area contributed by atoms with Crippen LogP contribution in [0.25, 0.3) is 0 Å². The highest BCUT2D eigenvalue weighted by Crippen LogP contribution is 2.29. The first-order valence-electron chi connectivity index (χ1n) is 4.70. The quantitative estimate of drug-likeness (QED) is 0.278. The third-order valence-electron chi connectivity index (χ3n) is 2.09. The van der Waals surface area contributed by atoms with Crippen molar-refractivity contribution >= 4 is 5.97 Å². The smallest absolute Gasteiger partial charge is 0.379 e. The summed E-state index contributed by atoms with van der Waals surface area (Å²) in [4.78, 5) is 11.3. The molecule has 0 atom stereocenters. The molecule has 0 fully saturated rings. The first-order valence-corrected chi connectivity index (χ1v) is 4.70. The van der Waals surface area contributed by atoms with Crippen molar-refractivity contribution in [3.63, 3.8) is 0 Å². The summed E-state index contributed by atoms with van der Waals surface area (Å²) in [6, 6.07) is 2.36. The summed E-state index contributed by atoms with van der Waals surface area (Å²) in [5, 5.41) is 0. The van der Waals surface area contributed by atoms with Crippen LogP contribution < -0.4 is 4.74 Å². The number of halogens is 5. The lowest BCUT2D eigenvalue weighted by atomic mass is 10.2. The van der Waals surface area contributed by atoms with E-state index in [1.54, 1.807) is 0 Å². The Morgan fingerprint density at radius 2 is 1.47 bits per heavy atom. The topological polar surface area (TPSA) is 39.4 Å². The van der Waals surface area contributed by atoms with Gasteiger partial charge >= 0.3 is 5.97 Å². The average molecular weight is 278 g/mol. The zero-order valence-corrected chi connectivity index (χ0v) is 8.85. The third-order valence-corrected chi connectivity index (χ3v) is 2.09. The monoisotopic (exact) mass is 278 g/mol. The van der Waals surface area contributed by atoms with E-state index in [0.29, 0.717) is 0 Å². The molecule has 0 aliphatic rings. The van der Waals surface area contributed by atoms with Gasteiger partial charge in [0.15, 0.2) is 0 Å². The summed E-state index contributed by atoms with van der Waals surface area (Å²) in [7, 11) is 0. The number of hydrogen-bond acceptors (Lipinski definition) is 3. The van der Waals surface area contributed by atoms with Gasteiger partial charge in [0.25, 0.3) is 0 Å². The fourth-order valence-corrected chi connectivity index (χ4v) is 1.21. The van der Waals surface area contributed by atoms with E-state index in [2.05, 4.69) is 9.15 Å². The SMILES string of the molecule is O=C(Oc1c(F)c(F)c(F)c(F)c1F)c1ccco1.